The number of benzene rings is 1. The molecule has 0 bridgehead atoms. The highest BCUT2D eigenvalue weighted by molar-refractivity contribution is 6.33. The van der Waals surface area contributed by atoms with E-state index in [0.717, 1.165) is 25.3 Å². The molecule has 1 aliphatic heterocycles. The smallest absolute Gasteiger partial charge is 0.233 e. The molecule has 5 nitrogen and oxygen atoms in total. The van der Waals surface area contributed by atoms with Crippen molar-refractivity contribution in [2.45, 2.75) is 32.2 Å². The highest BCUT2D eigenvalue weighted by atomic mass is 35.5. The van der Waals surface area contributed by atoms with Crippen LogP contribution in [0.3, 0.4) is 0 Å². The van der Waals surface area contributed by atoms with Crippen LogP contribution in [0.25, 0.3) is 11.3 Å². The molecule has 0 unspecified atom stereocenters. The number of halogens is 2. The number of piperidine rings is 1. The van der Waals surface area contributed by atoms with Gasteiger partial charge in [0, 0.05) is 24.4 Å². The molecular weight excluding hydrogens is 427 g/mol. The largest absolute Gasteiger partial charge is 0.476 e. The quantitative estimate of drug-likeness (QED) is 0.501. The first-order valence-electron chi connectivity index (χ1n) is 11.1. The van der Waals surface area contributed by atoms with Crippen molar-refractivity contribution < 1.29 is 9.13 Å². The zero-order valence-corrected chi connectivity index (χ0v) is 18.6. The summed E-state index contributed by atoms with van der Waals surface area (Å²) >= 11 is 6.15. The maximum absolute atomic E-state index is 13.5. The Morgan fingerprint density at radius 3 is 2.62 bits per heavy atom. The number of likely N-dealkylation sites (tertiary alicyclic amines) is 1. The maximum Gasteiger partial charge on any atom is 0.233 e. The van der Waals surface area contributed by atoms with Crippen LogP contribution in [0.15, 0.2) is 54.7 Å². The fourth-order valence-electron chi connectivity index (χ4n) is 5.03. The first-order valence-corrected chi connectivity index (χ1v) is 11.5. The zero-order chi connectivity index (χ0) is 22.0. The molecule has 1 aromatic carbocycles. The molecule has 1 spiro atoms. The topological polar surface area (TPSA) is 51.1 Å². The lowest BCUT2D eigenvalue weighted by Crippen LogP contribution is -2.48. The lowest BCUT2D eigenvalue weighted by molar-refractivity contribution is -0.0320. The Balaban J connectivity index is 1.08. The Hall–Kier alpha value is -2.57. The summed E-state index contributed by atoms with van der Waals surface area (Å²) in [6.45, 7) is 3.88. The minimum Gasteiger partial charge on any atom is -0.476 e. The third-order valence-electron chi connectivity index (χ3n) is 6.78. The average molecular weight is 453 g/mol. The highest BCUT2D eigenvalue weighted by Gasteiger charge is 2.45. The van der Waals surface area contributed by atoms with E-state index in [9.17, 15) is 4.39 Å². The third kappa shape index (κ3) is 4.76. The predicted octanol–water partition coefficient (Wildman–Crippen LogP) is 5.40. The second kappa shape index (κ2) is 9.12. The molecule has 0 N–H and O–H groups in total. The van der Waals surface area contributed by atoms with Crippen LogP contribution in [0.2, 0.25) is 5.02 Å². The minimum absolute atomic E-state index is 0.354. The summed E-state index contributed by atoms with van der Waals surface area (Å²) < 4.78 is 19.4. The number of nitrogens with zero attached hydrogens (tertiary/aromatic N) is 4. The predicted molar refractivity (Wildman–Crippen MR) is 122 cm³/mol. The summed E-state index contributed by atoms with van der Waals surface area (Å²) in [5, 5.41) is 8.75. The van der Waals surface area contributed by atoms with Crippen molar-refractivity contribution in [1.82, 2.24) is 20.1 Å². The van der Waals surface area contributed by atoms with Gasteiger partial charge in [0.15, 0.2) is 0 Å². The molecule has 2 fully saturated rings. The highest BCUT2D eigenvalue weighted by Crippen LogP contribution is 2.52. The molecule has 1 saturated heterocycles. The minimum atomic E-state index is -0.354. The van der Waals surface area contributed by atoms with E-state index in [0.29, 0.717) is 40.1 Å². The summed E-state index contributed by atoms with van der Waals surface area (Å²) in [5.41, 5.74) is 2.69. The van der Waals surface area contributed by atoms with E-state index in [1.165, 1.54) is 43.9 Å². The van der Waals surface area contributed by atoms with E-state index in [-0.39, 0.29) is 5.82 Å². The van der Waals surface area contributed by atoms with Gasteiger partial charge in [-0.2, -0.15) is 0 Å². The number of rotatable bonds is 6. The lowest BCUT2D eigenvalue weighted by Gasteiger charge is -2.52. The van der Waals surface area contributed by atoms with Gasteiger partial charge < -0.3 is 4.74 Å². The Labute approximate surface area is 192 Å². The van der Waals surface area contributed by atoms with Gasteiger partial charge in [0.25, 0.3) is 0 Å². The van der Waals surface area contributed by atoms with Crippen LogP contribution >= 0.6 is 11.6 Å². The van der Waals surface area contributed by atoms with Crippen LogP contribution in [0.4, 0.5) is 4.39 Å². The van der Waals surface area contributed by atoms with Crippen LogP contribution in [0.5, 0.6) is 5.88 Å². The molecule has 0 radical (unpaired) electrons. The second-order valence-electron chi connectivity index (χ2n) is 9.06. The van der Waals surface area contributed by atoms with Crippen molar-refractivity contribution >= 4 is 11.6 Å². The molecule has 0 atom stereocenters. The summed E-state index contributed by atoms with van der Waals surface area (Å²) in [6, 6.07) is 13.9. The van der Waals surface area contributed by atoms with Crippen LogP contribution < -0.4 is 4.74 Å². The molecule has 5 rings (SSSR count). The summed E-state index contributed by atoms with van der Waals surface area (Å²) in [7, 11) is 0. The number of ether oxygens (including phenoxy) is 1. The van der Waals surface area contributed by atoms with Gasteiger partial charge in [-0.1, -0.05) is 17.7 Å². The van der Waals surface area contributed by atoms with Crippen LogP contribution in [0, 0.1) is 17.2 Å². The molecule has 7 heteroatoms. The Morgan fingerprint density at radius 2 is 1.91 bits per heavy atom. The summed E-state index contributed by atoms with van der Waals surface area (Å²) in [5.74, 6) is 0.705. The summed E-state index contributed by atoms with van der Waals surface area (Å²) in [6.07, 6.45) is 6.80. The van der Waals surface area contributed by atoms with E-state index < -0.39 is 0 Å². The van der Waals surface area contributed by atoms with Gasteiger partial charge in [-0.25, -0.2) is 4.39 Å². The monoisotopic (exact) mass is 452 g/mol. The van der Waals surface area contributed by atoms with Gasteiger partial charge >= 0.3 is 0 Å². The second-order valence-corrected chi connectivity index (χ2v) is 9.47. The van der Waals surface area contributed by atoms with E-state index in [1.54, 1.807) is 12.1 Å². The molecule has 3 heterocycles. The molecule has 0 amide bonds. The van der Waals surface area contributed by atoms with Crippen LogP contribution in [-0.2, 0) is 6.54 Å². The fraction of sp³-hybridized carbons (Fsp3) is 0.400. The molecule has 1 saturated carbocycles. The van der Waals surface area contributed by atoms with Crippen molar-refractivity contribution in [2.24, 2.45) is 11.3 Å². The van der Waals surface area contributed by atoms with Crippen LogP contribution in [-0.4, -0.2) is 39.8 Å². The molecule has 3 aromatic rings. The number of pyridine rings is 1. The first kappa shape index (κ1) is 21.3. The van der Waals surface area contributed by atoms with Crippen molar-refractivity contribution in [2.75, 3.05) is 19.7 Å². The fourth-order valence-corrected chi connectivity index (χ4v) is 5.25. The van der Waals surface area contributed by atoms with Crippen molar-refractivity contribution in [3.05, 3.63) is 71.3 Å². The number of aromatic nitrogens is 3. The lowest BCUT2D eigenvalue weighted by atomic mass is 9.58. The standard InChI is InChI=1S/C25H26ClFN4O/c26-22-5-4-19(27)13-21(22)23-6-7-24(30-29-23)32-17-18-14-25(15-18)8-11-31(12-9-25)16-20-3-1-2-10-28-20/h1-7,10,13,18H,8-9,11-12,14-17H2. The van der Waals surface area contributed by atoms with Gasteiger partial charge in [0.2, 0.25) is 5.88 Å². The summed E-state index contributed by atoms with van der Waals surface area (Å²) in [4.78, 5) is 6.96. The van der Waals surface area contributed by atoms with Gasteiger partial charge in [-0.05, 0) is 86.5 Å². The van der Waals surface area contributed by atoms with E-state index in [2.05, 4.69) is 32.2 Å². The Morgan fingerprint density at radius 1 is 1.06 bits per heavy atom. The third-order valence-corrected chi connectivity index (χ3v) is 7.11. The van der Waals surface area contributed by atoms with Gasteiger partial charge in [0.1, 0.15) is 5.82 Å². The van der Waals surface area contributed by atoms with Crippen molar-refractivity contribution in [1.29, 1.82) is 0 Å². The van der Waals surface area contributed by atoms with Crippen molar-refractivity contribution in [3.63, 3.8) is 0 Å². The van der Waals surface area contributed by atoms with Crippen LogP contribution in [0.1, 0.15) is 31.4 Å². The maximum atomic E-state index is 13.5. The van der Waals surface area contributed by atoms with E-state index >= 15 is 0 Å². The molecule has 2 aliphatic rings. The average Bonchev–Trinajstić information content (AvgIpc) is 2.80. The Kier molecular flexibility index (Phi) is 6.07. The van der Waals surface area contributed by atoms with E-state index in [1.807, 2.05) is 12.3 Å². The number of hydrogen-bond donors (Lipinski definition) is 0. The van der Waals surface area contributed by atoms with Gasteiger partial charge in [0.05, 0.1) is 23.0 Å². The molecule has 166 valence electrons. The van der Waals surface area contributed by atoms with E-state index in [4.69, 9.17) is 16.3 Å². The van der Waals surface area contributed by atoms with Gasteiger partial charge in [-0.3, -0.25) is 9.88 Å². The Bertz CT molecular complexity index is 1050. The molecule has 32 heavy (non-hydrogen) atoms. The first-order chi connectivity index (χ1) is 15.6. The molecule has 1 aliphatic carbocycles. The number of hydrogen-bond acceptors (Lipinski definition) is 5. The molecular formula is C25H26ClFN4O. The van der Waals surface area contributed by atoms with Gasteiger partial charge in [-0.15, -0.1) is 10.2 Å². The van der Waals surface area contributed by atoms with Crippen molar-refractivity contribution in [3.8, 4) is 17.1 Å². The SMILES string of the molecule is Fc1ccc(Cl)c(-c2ccc(OCC3CC4(CCN(Cc5ccccn5)CC4)C3)nn2)c1. The molecule has 2 aromatic heterocycles. The zero-order valence-electron chi connectivity index (χ0n) is 17.9. The normalized spacial score (nSPS) is 18.4.